The van der Waals surface area contributed by atoms with Gasteiger partial charge < -0.3 is 9.67 Å². The second-order valence-corrected chi connectivity index (χ2v) is 9.87. The van der Waals surface area contributed by atoms with Gasteiger partial charge in [0.05, 0.1) is 17.9 Å². The van der Waals surface area contributed by atoms with Crippen molar-refractivity contribution in [3.8, 4) is 5.69 Å². The van der Waals surface area contributed by atoms with Crippen LogP contribution in [0.25, 0.3) is 5.69 Å². The van der Waals surface area contributed by atoms with E-state index < -0.39 is 11.9 Å². The molecule has 190 valence electrons. The number of benzene rings is 1. The van der Waals surface area contributed by atoms with E-state index in [2.05, 4.69) is 11.9 Å². The summed E-state index contributed by atoms with van der Waals surface area (Å²) < 4.78 is 1.90. The lowest BCUT2D eigenvalue weighted by Crippen LogP contribution is -2.14. The molecule has 1 heterocycles. The Morgan fingerprint density at radius 1 is 0.794 bits per heavy atom. The second kappa shape index (κ2) is 18.3. The van der Waals surface area contributed by atoms with E-state index in [-0.39, 0.29) is 0 Å². The zero-order valence-electron chi connectivity index (χ0n) is 21.6. The Morgan fingerprint density at radius 2 is 1.29 bits per heavy atom. The first kappa shape index (κ1) is 28.1. The van der Waals surface area contributed by atoms with Crippen LogP contribution in [-0.4, -0.2) is 20.6 Å². The molecule has 34 heavy (non-hydrogen) atoms. The number of carbonyl (C=O) groups is 1. The summed E-state index contributed by atoms with van der Waals surface area (Å²) in [6, 6.07) is 7.80. The van der Waals surface area contributed by atoms with Crippen LogP contribution in [0, 0.1) is 0 Å². The van der Waals surface area contributed by atoms with Gasteiger partial charge >= 0.3 is 5.97 Å². The molecule has 0 bridgehead atoms. The minimum Gasteiger partial charge on any atom is -0.481 e. The van der Waals surface area contributed by atoms with Gasteiger partial charge in [0.2, 0.25) is 0 Å². The molecule has 0 aliphatic carbocycles. The topological polar surface area (TPSA) is 55.1 Å². The van der Waals surface area contributed by atoms with Gasteiger partial charge in [-0.05, 0) is 18.1 Å². The molecule has 0 spiro atoms. The molecule has 1 N–H and O–H groups in total. The van der Waals surface area contributed by atoms with Crippen molar-refractivity contribution >= 4 is 5.97 Å². The third kappa shape index (κ3) is 11.4. The summed E-state index contributed by atoms with van der Waals surface area (Å²) in [5, 5.41) is 9.86. The van der Waals surface area contributed by atoms with Gasteiger partial charge in [0.1, 0.15) is 0 Å². The Bertz CT molecular complexity index is 757. The van der Waals surface area contributed by atoms with E-state index in [1.54, 1.807) is 12.5 Å². The van der Waals surface area contributed by atoms with Crippen molar-refractivity contribution in [1.82, 2.24) is 9.55 Å². The maximum atomic E-state index is 12.0. The number of hydrogen-bond acceptors (Lipinski definition) is 2. The van der Waals surface area contributed by atoms with Crippen LogP contribution in [0.1, 0.15) is 134 Å². The van der Waals surface area contributed by atoms with E-state index in [1.165, 1.54) is 96.3 Å². The summed E-state index contributed by atoms with van der Waals surface area (Å²) >= 11 is 0. The van der Waals surface area contributed by atoms with E-state index >= 15 is 0 Å². The van der Waals surface area contributed by atoms with Crippen LogP contribution in [0.4, 0.5) is 0 Å². The summed E-state index contributed by atoms with van der Waals surface area (Å²) in [6.45, 7) is 2.28. The third-order valence-corrected chi connectivity index (χ3v) is 6.99. The SMILES string of the molecule is CCCCCCCCCCCCCCCCCCCC(C(=O)O)c1ccccc1-n1ccnc1. The minimum atomic E-state index is -0.732. The highest BCUT2D eigenvalue weighted by atomic mass is 16.4. The normalized spacial score (nSPS) is 12.1. The average Bonchev–Trinajstić information content (AvgIpc) is 3.38. The third-order valence-electron chi connectivity index (χ3n) is 6.99. The first-order chi connectivity index (χ1) is 16.7. The number of nitrogens with zero attached hydrogens (tertiary/aromatic N) is 2. The van der Waals surface area contributed by atoms with Crippen LogP contribution in [0.15, 0.2) is 43.0 Å². The van der Waals surface area contributed by atoms with Gasteiger partial charge in [-0.25, -0.2) is 4.98 Å². The highest BCUT2D eigenvalue weighted by molar-refractivity contribution is 5.77. The quantitative estimate of drug-likeness (QED) is 0.186. The Hall–Kier alpha value is -2.10. The summed E-state index contributed by atoms with van der Waals surface area (Å²) in [6.07, 6.45) is 28.8. The van der Waals surface area contributed by atoms with Gasteiger partial charge in [0.15, 0.2) is 0 Å². The van der Waals surface area contributed by atoms with Gasteiger partial charge in [-0.3, -0.25) is 4.79 Å². The number of rotatable bonds is 21. The fourth-order valence-electron chi connectivity index (χ4n) is 4.90. The molecule has 1 unspecified atom stereocenters. The first-order valence-corrected chi connectivity index (χ1v) is 14.0. The number of imidazole rings is 1. The molecular weight excluding hydrogens is 420 g/mol. The summed E-state index contributed by atoms with van der Waals surface area (Å²) in [5.74, 6) is -1.20. The molecule has 1 atom stereocenters. The monoisotopic (exact) mass is 468 g/mol. The number of hydrogen-bond donors (Lipinski definition) is 1. The zero-order chi connectivity index (χ0) is 24.3. The van der Waals surface area contributed by atoms with Crippen LogP contribution in [0.3, 0.4) is 0 Å². The van der Waals surface area contributed by atoms with Crippen LogP contribution < -0.4 is 0 Å². The standard InChI is InChI=1S/C30H48N2O2/c1-2-3-4-5-6-7-8-9-10-11-12-13-14-15-16-17-18-22-28(30(33)34)27-21-19-20-23-29(27)32-25-24-31-26-32/h19-21,23-26,28H,2-18,22H2,1H3,(H,33,34). The van der Waals surface area contributed by atoms with E-state index in [1.807, 2.05) is 35.0 Å². The molecule has 0 saturated carbocycles. The number of carboxylic acid groups (broad SMARTS) is 1. The van der Waals surface area contributed by atoms with Gasteiger partial charge in [-0.15, -0.1) is 0 Å². The number of aliphatic carboxylic acids is 1. The summed E-state index contributed by atoms with van der Waals surface area (Å²) in [7, 11) is 0. The Labute approximate surface area is 208 Å². The van der Waals surface area contributed by atoms with Crippen molar-refractivity contribution in [2.24, 2.45) is 0 Å². The number of aromatic nitrogens is 2. The fourth-order valence-corrected chi connectivity index (χ4v) is 4.90. The van der Waals surface area contributed by atoms with E-state index in [9.17, 15) is 9.90 Å². The molecule has 4 nitrogen and oxygen atoms in total. The molecule has 0 saturated heterocycles. The molecule has 0 radical (unpaired) electrons. The average molecular weight is 469 g/mol. The lowest BCUT2D eigenvalue weighted by molar-refractivity contribution is -0.139. The van der Waals surface area contributed by atoms with Crippen molar-refractivity contribution in [2.75, 3.05) is 0 Å². The molecule has 0 aliphatic rings. The Morgan fingerprint density at radius 3 is 1.76 bits per heavy atom. The first-order valence-electron chi connectivity index (χ1n) is 14.0. The smallest absolute Gasteiger partial charge is 0.311 e. The zero-order valence-corrected chi connectivity index (χ0v) is 21.6. The van der Waals surface area contributed by atoms with Crippen LogP contribution >= 0.6 is 0 Å². The molecule has 1 aromatic carbocycles. The van der Waals surface area contributed by atoms with Crippen molar-refractivity contribution in [2.45, 2.75) is 128 Å². The van der Waals surface area contributed by atoms with E-state index in [0.29, 0.717) is 6.42 Å². The van der Waals surface area contributed by atoms with Gasteiger partial charge in [0.25, 0.3) is 0 Å². The number of unbranched alkanes of at least 4 members (excludes halogenated alkanes) is 16. The van der Waals surface area contributed by atoms with Gasteiger partial charge in [-0.1, -0.05) is 134 Å². The molecule has 2 aromatic rings. The van der Waals surface area contributed by atoms with Gasteiger partial charge in [0, 0.05) is 12.4 Å². The molecule has 1 aromatic heterocycles. The maximum absolute atomic E-state index is 12.0. The molecular formula is C30H48N2O2. The maximum Gasteiger partial charge on any atom is 0.311 e. The summed E-state index contributed by atoms with van der Waals surface area (Å²) in [5.41, 5.74) is 1.80. The summed E-state index contributed by atoms with van der Waals surface area (Å²) in [4.78, 5) is 16.1. The molecule has 0 fully saturated rings. The van der Waals surface area contributed by atoms with E-state index in [4.69, 9.17) is 0 Å². The molecule has 2 rings (SSSR count). The van der Waals surface area contributed by atoms with Crippen molar-refractivity contribution in [3.05, 3.63) is 48.5 Å². The minimum absolute atomic E-state index is 0.463. The van der Waals surface area contributed by atoms with Crippen molar-refractivity contribution in [3.63, 3.8) is 0 Å². The van der Waals surface area contributed by atoms with Gasteiger partial charge in [-0.2, -0.15) is 0 Å². The lowest BCUT2D eigenvalue weighted by Gasteiger charge is -2.17. The van der Waals surface area contributed by atoms with Crippen LogP contribution in [0.5, 0.6) is 0 Å². The highest BCUT2D eigenvalue weighted by Gasteiger charge is 2.22. The molecule has 4 heteroatoms. The van der Waals surface area contributed by atoms with Crippen LogP contribution in [-0.2, 0) is 4.79 Å². The molecule has 0 amide bonds. The van der Waals surface area contributed by atoms with Crippen molar-refractivity contribution < 1.29 is 9.90 Å². The van der Waals surface area contributed by atoms with Crippen molar-refractivity contribution in [1.29, 1.82) is 0 Å². The van der Waals surface area contributed by atoms with Crippen LogP contribution in [0.2, 0.25) is 0 Å². The Balaban J connectivity index is 1.50. The number of para-hydroxylation sites is 1. The molecule has 0 aliphatic heterocycles. The largest absolute Gasteiger partial charge is 0.481 e. The number of carboxylic acids is 1. The van der Waals surface area contributed by atoms with E-state index in [0.717, 1.165) is 24.1 Å². The lowest BCUT2D eigenvalue weighted by atomic mass is 9.91. The Kier molecular flexibility index (Phi) is 15.1. The highest BCUT2D eigenvalue weighted by Crippen LogP contribution is 2.28. The second-order valence-electron chi connectivity index (χ2n) is 9.87. The fraction of sp³-hybridized carbons (Fsp3) is 0.667. The predicted octanol–water partition coefficient (Wildman–Crippen LogP) is 9.08. The predicted molar refractivity (Wildman–Crippen MR) is 143 cm³/mol.